The van der Waals surface area contributed by atoms with Gasteiger partial charge in [-0.05, 0) is 30.0 Å². The first kappa shape index (κ1) is 10.8. The topological polar surface area (TPSA) is 43.1 Å². The molecule has 0 bridgehead atoms. The second-order valence-electron chi connectivity index (χ2n) is 4.61. The van der Waals surface area contributed by atoms with Crippen LogP contribution in [-0.4, -0.2) is 5.78 Å². The van der Waals surface area contributed by atoms with Crippen LogP contribution >= 0.6 is 0 Å². The van der Waals surface area contributed by atoms with Crippen molar-refractivity contribution in [2.75, 3.05) is 5.73 Å². The first-order valence-electron chi connectivity index (χ1n) is 4.73. The highest BCUT2D eigenvalue weighted by atomic mass is 16.1. The van der Waals surface area contributed by atoms with E-state index in [2.05, 4.69) is 20.8 Å². The summed E-state index contributed by atoms with van der Waals surface area (Å²) in [5, 5.41) is 0. The van der Waals surface area contributed by atoms with E-state index in [1.54, 1.807) is 6.07 Å². The van der Waals surface area contributed by atoms with Crippen molar-refractivity contribution in [3.05, 3.63) is 29.3 Å². The third kappa shape index (κ3) is 2.13. The van der Waals surface area contributed by atoms with Crippen LogP contribution in [0, 0.1) is 0 Å². The lowest BCUT2D eigenvalue weighted by Gasteiger charge is -2.20. The van der Waals surface area contributed by atoms with Crippen LogP contribution in [0.3, 0.4) is 0 Å². The van der Waals surface area contributed by atoms with E-state index in [-0.39, 0.29) is 11.2 Å². The van der Waals surface area contributed by atoms with Crippen molar-refractivity contribution >= 4 is 11.5 Å². The van der Waals surface area contributed by atoms with Gasteiger partial charge < -0.3 is 5.73 Å². The molecule has 14 heavy (non-hydrogen) atoms. The van der Waals surface area contributed by atoms with E-state index in [1.807, 2.05) is 12.1 Å². The van der Waals surface area contributed by atoms with E-state index in [0.717, 1.165) is 5.56 Å². The summed E-state index contributed by atoms with van der Waals surface area (Å²) >= 11 is 0. The number of benzene rings is 1. The van der Waals surface area contributed by atoms with Crippen molar-refractivity contribution in [3.63, 3.8) is 0 Å². The molecule has 0 saturated carbocycles. The molecule has 1 aromatic carbocycles. The molecule has 0 amide bonds. The first-order valence-corrected chi connectivity index (χ1v) is 4.73. The van der Waals surface area contributed by atoms with Crippen LogP contribution in [-0.2, 0) is 5.41 Å². The molecule has 0 spiro atoms. The van der Waals surface area contributed by atoms with Gasteiger partial charge in [-0.25, -0.2) is 0 Å². The maximum absolute atomic E-state index is 11.3. The molecule has 0 unspecified atom stereocenters. The van der Waals surface area contributed by atoms with Crippen LogP contribution in [0.2, 0.25) is 0 Å². The number of ketones is 1. The Labute approximate surface area is 85.1 Å². The highest BCUT2D eigenvalue weighted by Gasteiger charge is 2.15. The minimum atomic E-state index is 0.0219. The Morgan fingerprint density at radius 1 is 1.29 bits per heavy atom. The fourth-order valence-electron chi connectivity index (χ4n) is 1.33. The van der Waals surface area contributed by atoms with Crippen molar-refractivity contribution < 1.29 is 4.79 Å². The van der Waals surface area contributed by atoms with Crippen molar-refractivity contribution in [2.45, 2.75) is 33.1 Å². The predicted octanol–water partition coefficient (Wildman–Crippen LogP) is 2.77. The van der Waals surface area contributed by atoms with E-state index >= 15 is 0 Å². The molecule has 0 aromatic heterocycles. The highest BCUT2D eigenvalue weighted by molar-refractivity contribution is 5.99. The van der Waals surface area contributed by atoms with Crippen molar-refractivity contribution in [1.82, 2.24) is 0 Å². The SMILES string of the molecule is CC(=O)c1cc(C(C)(C)C)ccc1N. The number of nitrogens with two attached hydrogens (primary N) is 1. The summed E-state index contributed by atoms with van der Waals surface area (Å²) in [6, 6.07) is 5.66. The van der Waals surface area contributed by atoms with Gasteiger partial charge >= 0.3 is 0 Å². The molecule has 2 nitrogen and oxygen atoms in total. The van der Waals surface area contributed by atoms with Crippen molar-refractivity contribution in [3.8, 4) is 0 Å². The molecular weight excluding hydrogens is 174 g/mol. The number of hydrogen-bond acceptors (Lipinski definition) is 2. The van der Waals surface area contributed by atoms with Gasteiger partial charge in [0.15, 0.2) is 5.78 Å². The molecule has 0 radical (unpaired) electrons. The minimum absolute atomic E-state index is 0.0219. The lowest BCUT2D eigenvalue weighted by Crippen LogP contribution is -2.12. The van der Waals surface area contributed by atoms with Crippen LogP contribution in [0.5, 0.6) is 0 Å². The van der Waals surface area contributed by atoms with Gasteiger partial charge in [0.2, 0.25) is 0 Å². The highest BCUT2D eigenvalue weighted by Crippen LogP contribution is 2.25. The fourth-order valence-corrected chi connectivity index (χ4v) is 1.33. The standard InChI is InChI=1S/C12H17NO/c1-8(14)10-7-9(12(2,3)4)5-6-11(10)13/h5-7H,13H2,1-4H3. The van der Waals surface area contributed by atoms with E-state index < -0.39 is 0 Å². The number of carbonyl (C=O) groups is 1. The minimum Gasteiger partial charge on any atom is -0.398 e. The zero-order chi connectivity index (χ0) is 10.9. The van der Waals surface area contributed by atoms with Gasteiger partial charge in [-0.2, -0.15) is 0 Å². The third-order valence-electron chi connectivity index (χ3n) is 2.30. The predicted molar refractivity (Wildman–Crippen MR) is 59.6 cm³/mol. The molecule has 0 aliphatic heterocycles. The maximum atomic E-state index is 11.3. The molecule has 0 atom stereocenters. The smallest absolute Gasteiger partial charge is 0.161 e. The van der Waals surface area contributed by atoms with E-state index in [9.17, 15) is 4.79 Å². The van der Waals surface area contributed by atoms with Gasteiger partial charge in [-0.1, -0.05) is 26.8 Å². The summed E-state index contributed by atoms with van der Waals surface area (Å²) in [4.78, 5) is 11.3. The molecule has 0 saturated heterocycles. The fraction of sp³-hybridized carbons (Fsp3) is 0.417. The van der Waals surface area contributed by atoms with Crippen LogP contribution in [0.25, 0.3) is 0 Å². The Kier molecular flexibility index (Phi) is 2.65. The Morgan fingerprint density at radius 2 is 1.86 bits per heavy atom. The van der Waals surface area contributed by atoms with E-state index in [0.29, 0.717) is 11.3 Å². The molecule has 1 rings (SSSR count). The molecule has 0 heterocycles. The Balaban J connectivity index is 3.27. The molecule has 0 aliphatic rings. The van der Waals surface area contributed by atoms with Gasteiger partial charge in [0.05, 0.1) is 0 Å². The summed E-state index contributed by atoms with van der Waals surface area (Å²) in [6.45, 7) is 7.88. The van der Waals surface area contributed by atoms with Gasteiger partial charge in [-0.15, -0.1) is 0 Å². The molecule has 2 N–H and O–H groups in total. The lowest BCUT2D eigenvalue weighted by atomic mass is 9.85. The second kappa shape index (κ2) is 3.45. The van der Waals surface area contributed by atoms with E-state index in [1.165, 1.54) is 6.92 Å². The Hall–Kier alpha value is -1.31. The summed E-state index contributed by atoms with van der Waals surface area (Å²) < 4.78 is 0. The number of rotatable bonds is 1. The molecule has 2 heteroatoms. The average Bonchev–Trinajstić information content (AvgIpc) is 2.02. The van der Waals surface area contributed by atoms with Gasteiger partial charge in [0.25, 0.3) is 0 Å². The Bertz CT molecular complexity index is 361. The number of Topliss-reactive ketones (excluding diaryl/α,β-unsaturated/α-hetero) is 1. The molecular formula is C12H17NO. The number of anilines is 1. The van der Waals surface area contributed by atoms with Crippen LogP contribution < -0.4 is 5.73 Å². The van der Waals surface area contributed by atoms with Crippen LogP contribution in [0.1, 0.15) is 43.6 Å². The summed E-state index contributed by atoms with van der Waals surface area (Å²) in [5.41, 5.74) is 8.09. The maximum Gasteiger partial charge on any atom is 0.161 e. The average molecular weight is 191 g/mol. The molecule has 1 aromatic rings. The van der Waals surface area contributed by atoms with Gasteiger partial charge in [-0.3, -0.25) is 4.79 Å². The third-order valence-corrected chi connectivity index (χ3v) is 2.30. The monoisotopic (exact) mass is 191 g/mol. The zero-order valence-electron chi connectivity index (χ0n) is 9.22. The second-order valence-corrected chi connectivity index (χ2v) is 4.61. The normalized spacial score (nSPS) is 11.4. The van der Waals surface area contributed by atoms with Gasteiger partial charge in [0.1, 0.15) is 0 Å². The molecule has 76 valence electrons. The lowest BCUT2D eigenvalue weighted by molar-refractivity contribution is 0.101. The Morgan fingerprint density at radius 3 is 2.29 bits per heavy atom. The van der Waals surface area contributed by atoms with Crippen molar-refractivity contribution in [1.29, 1.82) is 0 Å². The first-order chi connectivity index (χ1) is 6.32. The quantitative estimate of drug-likeness (QED) is 0.548. The van der Waals surface area contributed by atoms with Crippen LogP contribution in [0.4, 0.5) is 5.69 Å². The molecule has 0 fully saturated rings. The number of hydrogen-bond donors (Lipinski definition) is 1. The summed E-state index contributed by atoms with van der Waals surface area (Å²) in [7, 11) is 0. The van der Waals surface area contributed by atoms with E-state index in [4.69, 9.17) is 5.73 Å². The zero-order valence-corrected chi connectivity index (χ0v) is 9.22. The summed E-state index contributed by atoms with van der Waals surface area (Å²) in [5.74, 6) is 0.0219. The summed E-state index contributed by atoms with van der Waals surface area (Å²) in [6.07, 6.45) is 0. The number of nitrogen functional groups attached to an aromatic ring is 1. The van der Waals surface area contributed by atoms with Crippen LogP contribution in [0.15, 0.2) is 18.2 Å². The largest absolute Gasteiger partial charge is 0.398 e. The number of carbonyl (C=O) groups excluding carboxylic acids is 1. The van der Waals surface area contributed by atoms with Gasteiger partial charge in [0, 0.05) is 11.3 Å². The molecule has 0 aliphatic carbocycles. The van der Waals surface area contributed by atoms with Crippen molar-refractivity contribution in [2.24, 2.45) is 0 Å².